The number of aromatic nitrogens is 1. The summed E-state index contributed by atoms with van der Waals surface area (Å²) in [6, 6.07) is 11.9. The van der Waals surface area contributed by atoms with E-state index in [2.05, 4.69) is 37.8 Å². The zero-order valence-electron chi connectivity index (χ0n) is 18.7. The van der Waals surface area contributed by atoms with Crippen LogP contribution in [0.5, 0.6) is 5.75 Å². The quantitative estimate of drug-likeness (QED) is 0.462. The van der Waals surface area contributed by atoms with Crippen LogP contribution in [0.25, 0.3) is 10.2 Å². The summed E-state index contributed by atoms with van der Waals surface area (Å²) in [6.45, 7) is 10.2. The van der Waals surface area contributed by atoms with Crippen molar-refractivity contribution >= 4 is 32.6 Å². The maximum atomic E-state index is 12.9. The third-order valence-corrected chi connectivity index (χ3v) is 7.14. The number of ether oxygens (including phenoxy) is 1. The average molecular weight is 438 g/mol. The number of thiazole rings is 1. The largest absolute Gasteiger partial charge is 0.494 e. The van der Waals surface area contributed by atoms with Crippen molar-refractivity contribution in [1.29, 1.82) is 0 Å². The minimum Gasteiger partial charge on any atom is -0.494 e. The molecular weight excluding hydrogens is 406 g/mol. The lowest BCUT2D eigenvalue weighted by Gasteiger charge is -2.34. The van der Waals surface area contributed by atoms with Gasteiger partial charge in [-0.05, 0) is 55.7 Å². The van der Waals surface area contributed by atoms with Gasteiger partial charge in [-0.15, -0.1) is 0 Å². The number of piperazine rings is 1. The molecule has 1 saturated heterocycles. The van der Waals surface area contributed by atoms with Crippen LogP contribution in [-0.4, -0.2) is 48.6 Å². The maximum Gasteiger partial charge on any atom is 0.253 e. The van der Waals surface area contributed by atoms with Crippen molar-refractivity contribution < 1.29 is 9.53 Å². The number of aryl methyl sites for hydroxylation is 2. The van der Waals surface area contributed by atoms with E-state index in [9.17, 15) is 4.79 Å². The van der Waals surface area contributed by atoms with Gasteiger partial charge in [-0.3, -0.25) is 4.79 Å². The van der Waals surface area contributed by atoms with E-state index in [1.54, 1.807) is 11.3 Å². The van der Waals surface area contributed by atoms with Crippen molar-refractivity contribution in [3.05, 3.63) is 53.1 Å². The van der Waals surface area contributed by atoms with Gasteiger partial charge in [0.15, 0.2) is 5.13 Å². The highest BCUT2D eigenvalue weighted by Crippen LogP contribution is 2.33. The summed E-state index contributed by atoms with van der Waals surface area (Å²) in [4.78, 5) is 22.1. The van der Waals surface area contributed by atoms with Crippen LogP contribution in [0.2, 0.25) is 0 Å². The molecule has 164 valence electrons. The Bertz CT molecular complexity index is 998. The Balaban J connectivity index is 1.35. The van der Waals surface area contributed by atoms with Crippen LogP contribution in [0, 0.1) is 13.8 Å². The number of carbonyl (C=O) groups is 1. The fourth-order valence-corrected chi connectivity index (χ4v) is 5.07. The fraction of sp³-hybridized carbons (Fsp3) is 0.440. The van der Waals surface area contributed by atoms with Crippen LogP contribution in [0.1, 0.15) is 47.7 Å². The number of amides is 1. The summed E-state index contributed by atoms with van der Waals surface area (Å²) in [6.07, 6.45) is 3.43. The van der Waals surface area contributed by atoms with Gasteiger partial charge in [0.05, 0.1) is 16.8 Å². The lowest BCUT2D eigenvalue weighted by molar-refractivity contribution is 0.0746. The maximum absolute atomic E-state index is 12.9. The summed E-state index contributed by atoms with van der Waals surface area (Å²) in [5.41, 5.74) is 4.32. The number of anilines is 1. The van der Waals surface area contributed by atoms with Gasteiger partial charge in [0.25, 0.3) is 5.91 Å². The molecule has 1 aliphatic rings. The number of hydrogen-bond donors (Lipinski definition) is 0. The van der Waals surface area contributed by atoms with Crippen LogP contribution in [0.4, 0.5) is 5.13 Å². The second-order valence-corrected chi connectivity index (χ2v) is 9.21. The fourth-order valence-electron chi connectivity index (χ4n) is 3.90. The van der Waals surface area contributed by atoms with Gasteiger partial charge >= 0.3 is 0 Å². The molecule has 0 saturated carbocycles. The summed E-state index contributed by atoms with van der Waals surface area (Å²) in [5.74, 6) is 0.923. The SMILES string of the molecule is CCCCCOc1ccc(C(=O)N2CCN(c3nc4c(C)ccc(C)c4s3)CC2)cc1. The predicted octanol–water partition coefficient (Wildman–Crippen LogP) is 5.44. The van der Waals surface area contributed by atoms with Crippen molar-refractivity contribution in [2.75, 3.05) is 37.7 Å². The lowest BCUT2D eigenvalue weighted by atomic mass is 10.1. The first kappa shape index (κ1) is 21.6. The van der Waals surface area contributed by atoms with Crippen molar-refractivity contribution in [2.45, 2.75) is 40.0 Å². The van der Waals surface area contributed by atoms with Gasteiger partial charge in [0, 0.05) is 31.7 Å². The monoisotopic (exact) mass is 437 g/mol. The zero-order chi connectivity index (χ0) is 21.8. The molecule has 0 bridgehead atoms. The Kier molecular flexibility index (Phi) is 6.76. The molecule has 0 spiro atoms. The first-order valence-electron chi connectivity index (χ1n) is 11.2. The van der Waals surface area contributed by atoms with E-state index in [0.717, 1.165) is 48.1 Å². The Morgan fingerprint density at radius 3 is 2.39 bits per heavy atom. The van der Waals surface area contributed by atoms with E-state index in [1.807, 2.05) is 29.2 Å². The van der Waals surface area contributed by atoms with Gasteiger partial charge in [0.1, 0.15) is 5.75 Å². The van der Waals surface area contributed by atoms with Gasteiger partial charge in [0.2, 0.25) is 0 Å². The van der Waals surface area contributed by atoms with Gasteiger partial charge < -0.3 is 14.5 Å². The number of hydrogen-bond acceptors (Lipinski definition) is 5. The van der Waals surface area contributed by atoms with Crippen molar-refractivity contribution in [3.63, 3.8) is 0 Å². The van der Waals surface area contributed by atoms with Crippen molar-refractivity contribution in [1.82, 2.24) is 9.88 Å². The van der Waals surface area contributed by atoms with E-state index in [-0.39, 0.29) is 5.91 Å². The highest BCUT2D eigenvalue weighted by atomic mass is 32.1. The Morgan fingerprint density at radius 2 is 1.71 bits per heavy atom. The lowest BCUT2D eigenvalue weighted by Crippen LogP contribution is -2.48. The van der Waals surface area contributed by atoms with Crippen LogP contribution in [-0.2, 0) is 0 Å². The molecule has 0 N–H and O–H groups in total. The second-order valence-electron chi connectivity index (χ2n) is 8.23. The van der Waals surface area contributed by atoms with E-state index in [1.165, 1.54) is 28.7 Å². The van der Waals surface area contributed by atoms with Gasteiger partial charge in [-0.1, -0.05) is 43.2 Å². The third-order valence-electron chi connectivity index (χ3n) is 5.89. The topological polar surface area (TPSA) is 45.7 Å². The molecule has 6 heteroatoms. The number of benzene rings is 2. The molecule has 31 heavy (non-hydrogen) atoms. The van der Waals surface area contributed by atoms with Crippen LogP contribution in [0.3, 0.4) is 0 Å². The van der Waals surface area contributed by atoms with Crippen LogP contribution >= 0.6 is 11.3 Å². The molecule has 3 aromatic rings. The predicted molar refractivity (Wildman–Crippen MR) is 129 cm³/mol. The summed E-state index contributed by atoms with van der Waals surface area (Å²) < 4.78 is 7.02. The molecule has 1 fully saturated rings. The number of fused-ring (bicyclic) bond motifs is 1. The molecule has 1 amide bonds. The standard InChI is InChI=1S/C25H31N3O2S/c1-4-5-6-17-30-21-11-9-20(10-12-21)24(29)27-13-15-28(16-14-27)25-26-22-18(2)7-8-19(3)23(22)31-25/h7-12H,4-6,13-17H2,1-3H3. The number of carbonyl (C=O) groups excluding carboxylic acids is 1. The Hall–Kier alpha value is -2.60. The van der Waals surface area contributed by atoms with E-state index < -0.39 is 0 Å². The molecule has 0 aliphatic carbocycles. The summed E-state index contributed by atoms with van der Waals surface area (Å²) in [7, 11) is 0. The molecule has 0 atom stereocenters. The summed E-state index contributed by atoms with van der Waals surface area (Å²) in [5, 5.41) is 1.06. The first-order chi connectivity index (χ1) is 15.1. The minimum absolute atomic E-state index is 0.0909. The van der Waals surface area contributed by atoms with E-state index in [4.69, 9.17) is 9.72 Å². The highest BCUT2D eigenvalue weighted by molar-refractivity contribution is 7.22. The highest BCUT2D eigenvalue weighted by Gasteiger charge is 2.24. The number of unbranched alkanes of at least 4 members (excludes halogenated alkanes) is 2. The van der Waals surface area contributed by atoms with E-state index in [0.29, 0.717) is 13.1 Å². The average Bonchev–Trinajstić information content (AvgIpc) is 3.26. The molecule has 2 aromatic carbocycles. The molecule has 2 heterocycles. The second kappa shape index (κ2) is 9.69. The third kappa shape index (κ3) is 4.85. The van der Waals surface area contributed by atoms with Crippen molar-refractivity contribution in [3.8, 4) is 5.75 Å². The molecule has 0 unspecified atom stereocenters. The molecular formula is C25H31N3O2S. The summed E-state index contributed by atoms with van der Waals surface area (Å²) >= 11 is 1.76. The minimum atomic E-state index is 0.0909. The van der Waals surface area contributed by atoms with Gasteiger partial charge in [-0.25, -0.2) is 4.98 Å². The van der Waals surface area contributed by atoms with Crippen LogP contribution < -0.4 is 9.64 Å². The molecule has 1 aliphatic heterocycles. The smallest absolute Gasteiger partial charge is 0.253 e. The Labute approximate surface area is 188 Å². The molecule has 5 nitrogen and oxygen atoms in total. The zero-order valence-corrected chi connectivity index (χ0v) is 19.5. The first-order valence-corrected chi connectivity index (χ1v) is 12.0. The van der Waals surface area contributed by atoms with Crippen molar-refractivity contribution in [2.24, 2.45) is 0 Å². The van der Waals surface area contributed by atoms with Crippen LogP contribution in [0.15, 0.2) is 36.4 Å². The molecule has 4 rings (SSSR count). The normalized spacial score (nSPS) is 14.3. The molecule has 0 radical (unpaired) electrons. The van der Waals surface area contributed by atoms with E-state index >= 15 is 0 Å². The molecule has 1 aromatic heterocycles. The Morgan fingerprint density at radius 1 is 1.00 bits per heavy atom. The number of nitrogens with zero attached hydrogens (tertiary/aromatic N) is 3. The van der Waals surface area contributed by atoms with Gasteiger partial charge in [-0.2, -0.15) is 0 Å². The number of rotatable bonds is 7.